The minimum absolute atomic E-state index is 0.101. The topological polar surface area (TPSA) is 58.1 Å². The quantitative estimate of drug-likeness (QED) is 0.897. The van der Waals surface area contributed by atoms with Crippen LogP contribution in [0.4, 0.5) is 5.82 Å². The number of carbonyl (C=O) groups excluding carboxylic acids is 1. The molecule has 88 valence electrons. The Morgan fingerprint density at radius 3 is 2.75 bits per heavy atom. The van der Waals surface area contributed by atoms with Crippen molar-refractivity contribution < 1.29 is 4.79 Å². The highest BCUT2D eigenvalue weighted by Gasteiger charge is 2.16. The Labute approximate surface area is 103 Å². The summed E-state index contributed by atoms with van der Waals surface area (Å²) < 4.78 is 7.77. The van der Waals surface area contributed by atoms with E-state index in [9.17, 15) is 4.79 Å². The van der Waals surface area contributed by atoms with Crippen molar-refractivity contribution >= 4 is 35.1 Å². The van der Waals surface area contributed by atoms with Crippen LogP contribution in [0.3, 0.4) is 0 Å². The van der Waals surface area contributed by atoms with E-state index in [4.69, 9.17) is 11.6 Å². The molecular weight excluding hydrogens is 248 g/mol. The van der Waals surface area contributed by atoms with Gasteiger partial charge in [0.25, 0.3) is 0 Å². The van der Waals surface area contributed by atoms with Crippen LogP contribution in [0.2, 0.25) is 5.15 Å². The molecule has 0 unspecified atom stereocenters. The SMILES string of the molecule is O=C(CNc1nsnc1Cl)N1CCCCC1. The number of hydrogen-bond acceptors (Lipinski definition) is 5. The van der Waals surface area contributed by atoms with Crippen LogP contribution < -0.4 is 5.32 Å². The summed E-state index contributed by atoms with van der Waals surface area (Å²) in [5, 5.41) is 3.23. The molecule has 0 aromatic carbocycles. The van der Waals surface area contributed by atoms with E-state index >= 15 is 0 Å². The average molecular weight is 261 g/mol. The summed E-state index contributed by atoms with van der Waals surface area (Å²) in [7, 11) is 0. The molecule has 1 aliphatic rings. The van der Waals surface area contributed by atoms with Gasteiger partial charge in [0.2, 0.25) is 5.91 Å². The van der Waals surface area contributed by atoms with E-state index in [-0.39, 0.29) is 12.5 Å². The number of anilines is 1. The number of carbonyl (C=O) groups is 1. The largest absolute Gasteiger partial charge is 0.358 e. The van der Waals surface area contributed by atoms with Crippen LogP contribution in [0.25, 0.3) is 0 Å². The summed E-state index contributed by atoms with van der Waals surface area (Å²) >= 11 is 6.79. The number of nitrogens with one attached hydrogen (secondary N) is 1. The van der Waals surface area contributed by atoms with Crippen LogP contribution in [0.1, 0.15) is 19.3 Å². The molecule has 1 saturated heterocycles. The van der Waals surface area contributed by atoms with Crippen molar-refractivity contribution in [1.82, 2.24) is 13.6 Å². The molecular formula is C9H13ClN4OS. The second-order valence-electron chi connectivity index (χ2n) is 3.70. The second kappa shape index (κ2) is 5.45. The highest BCUT2D eigenvalue weighted by Crippen LogP contribution is 2.17. The van der Waals surface area contributed by atoms with Gasteiger partial charge in [-0.3, -0.25) is 4.79 Å². The van der Waals surface area contributed by atoms with E-state index in [2.05, 4.69) is 14.1 Å². The van der Waals surface area contributed by atoms with E-state index in [1.807, 2.05) is 4.90 Å². The normalized spacial score (nSPS) is 16.2. The minimum Gasteiger partial charge on any atom is -0.358 e. The molecule has 1 N–H and O–H groups in total. The summed E-state index contributed by atoms with van der Waals surface area (Å²) in [6, 6.07) is 0. The maximum atomic E-state index is 11.8. The third-order valence-electron chi connectivity index (χ3n) is 2.56. The number of hydrogen-bond donors (Lipinski definition) is 1. The van der Waals surface area contributed by atoms with Gasteiger partial charge in [0, 0.05) is 13.1 Å². The molecule has 2 heterocycles. The number of likely N-dealkylation sites (tertiary alicyclic amines) is 1. The highest BCUT2D eigenvalue weighted by atomic mass is 35.5. The zero-order chi connectivity index (χ0) is 11.4. The molecule has 1 aromatic rings. The summed E-state index contributed by atoms with van der Waals surface area (Å²) in [4.78, 5) is 13.7. The van der Waals surface area contributed by atoms with Crippen LogP contribution in [-0.2, 0) is 4.79 Å². The van der Waals surface area contributed by atoms with Crippen LogP contribution in [0.15, 0.2) is 0 Å². The van der Waals surface area contributed by atoms with Gasteiger partial charge in [-0.05, 0) is 19.3 Å². The van der Waals surface area contributed by atoms with E-state index < -0.39 is 0 Å². The van der Waals surface area contributed by atoms with Gasteiger partial charge in [0.15, 0.2) is 11.0 Å². The molecule has 1 fully saturated rings. The molecule has 0 bridgehead atoms. The van der Waals surface area contributed by atoms with Gasteiger partial charge in [0.1, 0.15) is 0 Å². The number of halogens is 1. The number of aromatic nitrogens is 2. The summed E-state index contributed by atoms with van der Waals surface area (Å²) in [6.07, 6.45) is 3.43. The molecule has 1 aromatic heterocycles. The number of rotatable bonds is 3. The van der Waals surface area contributed by atoms with Crippen LogP contribution in [-0.4, -0.2) is 39.2 Å². The number of piperidine rings is 1. The van der Waals surface area contributed by atoms with Gasteiger partial charge < -0.3 is 10.2 Å². The van der Waals surface area contributed by atoms with E-state index in [0.29, 0.717) is 11.0 Å². The van der Waals surface area contributed by atoms with Crippen molar-refractivity contribution in [2.24, 2.45) is 0 Å². The Bertz CT molecular complexity index is 364. The van der Waals surface area contributed by atoms with Gasteiger partial charge in [-0.1, -0.05) is 11.6 Å². The fraction of sp³-hybridized carbons (Fsp3) is 0.667. The van der Waals surface area contributed by atoms with Gasteiger partial charge >= 0.3 is 0 Å². The lowest BCUT2D eigenvalue weighted by Gasteiger charge is -2.26. The first-order valence-electron chi connectivity index (χ1n) is 5.27. The predicted octanol–water partition coefficient (Wildman–Crippen LogP) is 1.62. The lowest BCUT2D eigenvalue weighted by molar-refractivity contribution is -0.130. The predicted molar refractivity (Wildman–Crippen MR) is 63.8 cm³/mol. The average Bonchev–Trinajstić information content (AvgIpc) is 2.73. The summed E-state index contributed by atoms with van der Waals surface area (Å²) in [5.41, 5.74) is 0. The molecule has 0 saturated carbocycles. The van der Waals surface area contributed by atoms with Gasteiger partial charge in [0.05, 0.1) is 18.3 Å². The Morgan fingerprint density at radius 2 is 2.12 bits per heavy atom. The van der Waals surface area contributed by atoms with Crippen LogP contribution in [0, 0.1) is 0 Å². The first-order valence-corrected chi connectivity index (χ1v) is 6.38. The van der Waals surface area contributed by atoms with E-state index in [1.54, 1.807) is 0 Å². The van der Waals surface area contributed by atoms with E-state index in [0.717, 1.165) is 37.7 Å². The van der Waals surface area contributed by atoms with Gasteiger partial charge in [-0.15, -0.1) is 0 Å². The Hall–Kier alpha value is -0.880. The van der Waals surface area contributed by atoms with Crippen molar-refractivity contribution in [3.05, 3.63) is 5.15 Å². The molecule has 1 amide bonds. The number of amides is 1. The molecule has 0 radical (unpaired) electrons. The first kappa shape index (κ1) is 11.6. The molecule has 5 nitrogen and oxygen atoms in total. The Balaban J connectivity index is 1.81. The molecule has 0 spiro atoms. The Kier molecular flexibility index (Phi) is 3.95. The molecule has 0 aliphatic carbocycles. The van der Waals surface area contributed by atoms with Crippen molar-refractivity contribution in [2.45, 2.75) is 19.3 Å². The zero-order valence-corrected chi connectivity index (χ0v) is 10.4. The first-order chi connectivity index (χ1) is 7.77. The number of nitrogens with zero attached hydrogens (tertiary/aromatic N) is 3. The fourth-order valence-electron chi connectivity index (χ4n) is 1.70. The lowest BCUT2D eigenvalue weighted by atomic mass is 10.1. The van der Waals surface area contributed by atoms with Crippen molar-refractivity contribution in [1.29, 1.82) is 0 Å². The van der Waals surface area contributed by atoms with Gasteiger partial charge in [-0.25, -0.2) is 0 Å². The molecule has 7 heteroatoms. The Morgan fingerprint density at radius 1 is 1.38 bits per heavy atom. The minimum atomic E-state index is 0.101. The molecule has 16 heavy (non-hydrogen) atoms. The summed E-state index contributed by atoms with van der Waals surface area (Å²) in [6.45, 7) is 1.97. The molecule has 1 aliphatic heterocycles. The van der Waals surface area contributed by atoms with Crippen molar-refractivity contribution in [3.8, 4) is 0 Å². The third kappa shape index (κ3) is 2.82. The molecule has 2 rings (SSSR count). The second-order valence-corrected chi connectivity index (χ2v) is 4.59. The van der Waals surface area contributed by atoms with Gasteiger partial charge in [-0.2, -0.15) is 8.75 Å². The standard InChI is InChI=1S/C9H13ClN4OS/c10-8-9(13-16-12-8)11-6-7(15)14-4-2-1-3-5-14/h1-6H2,(H,11,13). The smallest absolute Gasteiger partial charge is 0.241 e. The molecule has 0 atom stereocenters. The maximum Gasteiger partial charge on any atom is 0.241 e. The monoisotopic (exact) mass is 260 g/mol. The fourth-order valence-corrected chi connectivity index (χ4v) is 2.38. The zero-order valence-electron chi connectivity index (χ0n) is 8.78. The highest BCUT2D eigenvalue weighted by molar-refractivity contribution is 6.99. The third-order valence-corrected chi connectivity index (χ3v) is 3.46. The lowest BCUT2D eigenvalue weighted by Crippen LogP contribution is -2.39. The van der Waals surface area contributed by atoms with Crippen LogP contribution >= 0.6 is 23.3 Å². The summed E-state index contributed by atoms with van der Waals surface area (Å²) in [5.74, 6) is 0.598. The maximum absolute atomic E-state index is 11.8. The van der Waals surface area contributed by atoms with Crippen LogP contribution in [0.5, 0.6) is 0 Å². The van der Waals surface area contributed by atoms with E-state index in [1.165, 1.54) is 6.42 Å². The van der Waals surface area contributed by atoms with Crippen molar-refractivity contribution in [2.75, 3.05) is 25.0 Å². The van der Waals surface area contributed by atoms with Crippen molar-refractivity contribution in [3.63, 3.8) is 0 Å².